The van der Waals surface area contributed by atoms with E-state index in [1.807, 2.05) is 29.2 Å². The lowest BCUT2D eigenvalue weighted by Gasteiger charge is -2.24. The fourth-order valence-corrected chi connectivity index (χ4v) is 4.33. The molecule has 3 rings (SSSR count). The van der Waals surface area contributed by atoms with E-state index in [-0.39, 0.29) is 16.3 Å². The molecule has 0 spiro atoms. The summed E-state index contributed by atoms with van der Waals surface area (Å²) in [6.07, 6.45) is 0.931. The molecule has 0 N–H and O–H groups in total. The Hall–Kier alpha value is -1.23. The van der Waals surface area contributed by atoms with Crippen molar-refractivity contribution >= 4 is 40.9 Å². The van der Waals surface area contributed by atoms with E-state index in [1.54, 1.807) is 23.9 Å². The second kappa shape index (κ2) is 7.77. The van der Waals surface area contributed by atoms with Gasteiger partial charge in [0.15, 0.2) is 0 Å². The van der Waals surface area contributed by atoms with Gasteiger partial charge in [-0.25, -0.2) is 4.39 Å². The zero-order valence-electron chi connectivity index (χ0n) is 12.8. The average Bonchev–Trinajstić information content (AvgIpc) is 3.06. The molecule has 1 heterocycles. The van der Waals surface area contributed by atoms with Crippen molar-refractivity contribution in [1.29, 1.82) is 0 Å². The van der Waals surface area contributed by atoms with Crippen LogP contribution in [0.1, 0.15) is 22.9 Å². The Morgan fingerprint density at radius 3 is 2.67 bits per heavy atom. The van der Waals surface area contributed by atoms with Gasteiger partial charge in [-0.05, 0) is 41.8 Å². The molecule has 24 heavy (non-hydrogen) atoms. The van der Waals surface area contributed by atoms with Gasteiger partial charge in [-0.15, -0.1) is 11.8 Å². The maximum absolute atomic E-state index is 13.2. The molecule has 1 aliphatic rings. The number of hydrogen-bond donors (Lipinski definition) is 0. The van der Waals surface area contributed by atoms with Crippen LogP contribution in [0.5, 0.6) is 0 Å². The second-order valence-electron chi connectivity index (χ2n) is 5.61. The first-order valence-electron chi connectivity index (χ1n) is 7.65. The fraction of sp³-hybridized carbons (Fsp3) is 0.278. The quantitative estimate of drug-likeness (QED) is 0.709. The van der Waals surface area contributed by atoms with Gasteiger partial charge in [-0.1, -0.05) is 41.4 Å². The van der Waals surface area contributed by atoms with Gasteiger partial charge in [-0.3, -0.25) is 4.79 Å². The van der Waals surface area contributed by atoms with Crippen LogP contribution < -0.4 is 0 Å². The summed E-state index contributed by atoms with van der Waals surface area (Å²) in [5.74, 6) is 0.576. The van der Waals surface area contributed by atoms with Crippen molar-refractivity contribution in [2.24, 2.45) is 0 Å². The van der Waals surface area contributed by atoms with Crippen molar-refractivity contribution in [3.8, 4) is 0 Å². The van der Waals surface area contributed by atoms with E-state index < -0.39 is 5.82 Å². The average molecular weight is 384 g/mol. The molecule has 126 valence electrons. The highest BCUT2D eigenvalue weighted by atomic mass is 35.5. The molecule has 2 aromatic rings. The van der Waals surface area contributed by atoms with Crippen LogP contribution in [0.15, 0.2) is 42.5 Å². The Morgan fingerprint density at radius 2 is 1.96 bits per heavy atom. The topological polar surface area (TPSA) is 20.3 Å². The Labute approximate surface area is 154 Å². The van der Waals surface area contributed by atoms with Crippen LogP contribution in [0.3, 0.4) is 0 Å². The lowest BCUT2D eigenvalue weighted by Crippen LogP contribution is -2.30. The van der Waals surface area contributed by atoms with Crippen molar-refractivity contribution < 1.29 is 9.18 Å². The summed E-state index contributed by atoms with van der Waals surface area (Å²) < 4.78 is 13.2. The first-order valence-corrected chi connectivity index (χ1v) is 9.45. The molecule has 0 radical (unpaired) electrons. The third-order valence-corrected chi connectivity index (χ3v) is 5.78. The zero-order valence-corrected chi connectivity index (χ0v) is 15.2. The van der Waals surface area contributed by atoms with E-state index in [0.717, 1.165) is 23.4 Å². The van der Waals surface area contributed by atoms with Crippen LogP contribution in [-0.4, -0.2) is 23.1 Å². The Balaban J connectivity index is 1.65. The monoisotopic (exact) mass is 383 g/mol. The molecule has 1 fully saturated rings. The molecule has 0 bridgehead atoms. The number of rotatable bonds is 4. The molecular weight excluding hydrogens is 368 g/mol. The molecule has 2 nitrogen and oxygen atoms in total. The number of amides is 1. The lowest BCUT2D eigenvalue weighted by molar-refractivity contribution is -0.131. The minimum absolute atomic E-state index is 0.0339. The van der Waals surface area contributed by atoms with Crippen LogP contribution >= 0.6 is 35.0 Å². The standard InChI is InChI=1S/C18H16Cl2FNOS/c19-14-5-3-13(4-6-14)18-22(9-10-24-18)17(23)8-2-12-1-7-16(21)15(20)11-12/h1,3-7,11,18H,2,8-10H2. The molecule has 2 aromatic carbocycles. The van der Waals surface area contributed by atoms with Crippen molar-refractivity contribution in [1.82, 2.24) is 4.90 Å². The van der Waals surface area contributed by atoms with Crippen LogP contribution in [0.4, 0.5) is 4.39 Å². The molecule has 1 aliphatic heterocycles. The smallest absolute Gasteiger partial charge is 0.224 e. The van der Waals surface area contributed by atoms with Gasteiger partial charge in [0, 0.05) is 23.7 Å². The van der Waals surface area contributed by atoms with E-state index >= 15 is 0 Å². The van der Waals surface area contributed by atoms with Gasteiger partial charge >= 0.3 is 0 Å². The van der Waals surface area contributed by atoms with E-state index in [0.29, 0.717) is 17.9 Å². The number of carbonyl (C=O) groups excluding carboxylic acids is 1. The predicted molar refractivity (Wildman–Crippen MR) is 98.1 cm³/mol. The van der Waals surface area contributed by atoms with Crippen LogP contribution in [0.25, 0.3) is 0 Å². The van der Waals surface area contributed by atoms with Crippen molar-refractivity contribution in [2.75, 3.05) is 12.3 Å². The molecule has 0 saturated carbocycles. The highest BCUT2D eigenvalue weighted by Gasteiger charge is 2.30. The maximum Gasteiger partial charge on any atom is 0.224 e. The summed E-state index contributed by atoms with van der Waals surface area (Å²) in [5, 5.41) is 0.815. The first kappa shape index (κ1) is 17.6. The largest absolute Gasteiger partial charge is 0.326 e. The highest BCUT2D eigenvalue weighted by molar-refractivity contribution is 7.99. The lowest BCUT2D eigenvalue weighted by atomic mass is 10.1. The second-order valence-corrected chi connectivity index (χ2v) is 7.64. The van der Waals surface area contributed by atoms with Crippen LogP contribution in [0.2, 0.25) is 10.0 Å². The predicted octanol–water partition coefficient (Wildman–Crippen LogP) is 5.34. The number of nitrogens with zero attached hydrogens (tertiary/aromatic N) is 1. The van der Waals surface area contributed by atoms with Gasteiger partial charge in [0.1, 0.15) is 11.2 Å². The summed E-state index contributed by atoms with van der Waals surface area (Å²) in [7, 11) is 0. The Morgan fingerprint density at radius 1 is 1.21 bits per heavy atom. The van der Waals surface area contributed by atoms with Gasteiger partial charge < -0.3 is 4.90 Å². The summed E-state index contributed by atoms with van der Waals surface area (Å²) >= 11 is 13.5. The Bertz CT molecular complexity index is 738. The maximum atomic E-state index is 13.2. The van der Waals surface area contributed by atoms with E-state index in [1.165, 1.54) is 6.07 Å². The molecule has 0 aromatic heterocycles. The summed E-state index contributed by atoms with van der Waals surface area (Å²) in [6, 6.07) is 12.2. The van der Waals surface area contributed by atoms with Gasteiger partial charge in [-0.2, -0.15) is 0 Å². The minimum atomic E-state index is -0.439. The van der Waals surface area contributed by atoms with E-state index in [2.05, 4.69) is 0 Å². The first-order chi connectivity index (χ1) is 11.5. The zero-order chi connectivity index (χ0) is 17.1. The van der Waals surface area contributed by atoms with Crippen LogP contribution in [-0.2, 0) is 11.2 Å². The molecule has 1 unspecified atom stereocenters. The molecule has 6 heteroatoms. The molecule has 1 saturated heterocycles. The SMILES string of the molecule is O=C(CCc1ccc(F)c(Cl)c1)N1CCSC1c1ccc(Cl)cc1. The molecule has 0 aliphatic carbocycles. The van der Waals surface area contributed by atoms with E-state index in [4.69, 9.17) is 23.2 Å². The number of halogens is 3. The summed E-state index contributed by atoms with van der Waals surface area (Å²) in [6.45, 7) is 0.737. The minimum Gasteiger partial charge on any atom is -0.326 e. The number of benzene rings is 2. The molecule has 1 amide bonds. The third-order valence-electron chi connectivity index (χ3n) is 3.98. The summed E-state index contributed by atoms with van der Waals surface area (Å²) in [4.78, 5) is 14.5. The Kier molecular flexibility index (Phi) is 5.69. The fourth-order valence-electron chi connectivity index (χ4n) is 2.72. The number of aryl methyl sites for hydroxylation is 1. The number of thioether (sulfide) groups is 1. The molecule has 1 atom stereocenters. The third kappa shape index (κ3) is 4.05. The normalized spacial score (nSPS) is 17.3. The van der Waals surface area contributed by atoms with Gasteiger partial charge in [0.05, 0.1) is 5.02 Å². The highest BCUT2D eigenvalue weighted by Crippen LogP contribution is 2.38. The number of hydrogen-bond acceptors (Lipinski definition) is 2. The van der Waals surface area contributed by atoms with Crippen LogP contribution in [0, 0.1) is 5.82 Å². The van der Waals surface area contributed by atoms with Crippen molar-refractivity contribution in [3.05, 3.63) is 69.5 Å². The summed E-state index contributed by atoms with van der Waals surface area (Å²) in [5.41, 5.74) is 1.95. The van der Waals surface area contributed by atoms with Crippen molar-refractivity contribution in [2.45, 2.75) is 18.2 Å². The molecular formula is C18H16Cl2FNOS. The van der Waals surface area contributed by atoms with E-state index in [9.17, 15) is 9.18 Å². The van der Waals surface area contributed by atoms with Gasteiger partial charge in [0.25, 0.3) is 0 Å². The van der Waals surface area contributed by atoms with Crippen molar-refractivity contribution in [3.63, 3.8) is 0 Å². The number of carbonyl (C=O) groups is 1. The van der Waals surface area contributed by atoms with Gasteiger partial charge in [0.2, 0.25) is 5.91 Å².